The van der Waals surface area contributed by atoms with Crippen molar-refractivity contribution in [3.05, 3.63) is 83.6 Å². The Morgan fingerprint density at radius 1 is 0.889 bits per heavy atom. The van der Waals surface area contributed by atoms with Crippen LogP contribution in [0.3, 0.4) is 0 Å². The van der Waals surface area contributed by atoms with E-state index in [1.165, 1.54) is 12.2 Å². The van der Waals surface area contributed by atoms with Crippen LogP contribution in [0.1, 0.15) is 17.5 Å². The number of rotatable bonds is 8. The van der Waals surface area contributed by atoms with Crippen molar-refractivity contribution in [2.24, 2.45) is 0 Å². The Balaban J connectivity index is 2.10. The summed E-state index contributed by atoms with van der Waals surface area (Å²) in [6.07, 6.45) is 4.15. The van der Waals surface area contributed by atoms with E-state index >= 15 is 0 Å². The Labute approximate surface area is 157 Å². The van der Waals surface area contributed by atoms with Gasteiger partial charge in [-0.2, -0.15) is 0 Å². The van der Waals surface area contributed by atoms with Gasteiger partial charge in [-0.25, -0.2) is 0 Å². The van der Waals surface area contributed by atoms with E-state index in [2.05, 4.69) is 10.6 Å². The summed E-state index contributed by atoms with van der Waals surface area (Å²) in [6, 6.07) is 18.2. The van der Waals surface area contributed by atoms with Crippen LogP contribution in [0.5, 0.6) is 0 Å². The number of aliphatic carboxylic acids is 1. The second-order valence-corrected chi connectivity index (χ2v) is 5.58. The molecular weight excluding hydrogens is 344 g/mol. The predicted octanol–water partition coefficient (Wildman–Crippen LogP) is 1.11. The topological polar surface area (TPSA) is 98.3 Å². The van der Waals surface area contributed by atoms with Crippen molar-refractivity contribution >= 4 is 29.9 Å². The summed E-state index contributed by atoms with van der Waals surface area (Å²) in [5, 5.41) is 15.5. The number of carboxylic acid groups (broad SMARTS) is 1. The lowest BCUT2D eigenvalue weighted by atomic mass is 10.2. The summed E-state index contributed by atoms with van der Waals surface area (Å²) in [7, 11) is 0. The third kappa shape index (κ3) is 7.39. The molecule has 0 aliphatic heterocycles. The van der Waals surface area contributed by atoms with Gasteiger partial charge in [0, 0.05) is 25.0 Å². The largest absolute Gasteiger partial charge is 0.550 e. The average molecular weight is 363 g/mol. The zero-order chi connectivity index (χ0) is 19.5. The number of benzene rings is 2. The maximum Gasteiger partial charge on any atom is 0.267 e. The summed E-state index contributed by atoms with van der Waals surface area (Å²) in [6.45, 7) is -0.0942. The molecule has 2 rings (SSSR count). The van der Waals surface area contributed by atoms with Gasteiger partial charge in [-0.05, 0) is 23.3 Å². The highest BCUT2D eigenvalue weighted by molar-refractivity contribution is 6.04. The maximum atomic E-state index is 12.3. The van der Waals surface area contributed by atoms with Crippen molar-refractivity contribution in [1.29, 1.82) is 0 Å². The highest BCUT2D eigenvalue weighted by Gasteiger charge is 2.11. The second-order valence-electron chi connectivity index (χ2n) is 5.58. The van der Waals surface area contributed by atoms with Crippen molar-refractivity contribution in [2.75, 3.05) is 6.54 Å². The van der Waals surface area contributed by atoms with Gasteiger partial charge < -0.3 is 20.5 Å². The summed E-state index contributed by atoms with van der Waals surface area (Å²) in [5.74, 6) is -2.32. The Kier molecular flexibility index (Phi) is 7.53. The molecule has 0 aliphatic rings. The van der Waals surface area contributed by atoms with E-state index in [0.717, 1.165) is 11.1 Å². The van der Waals surface area contributed by atoms with Gasteiger partial charge in [-0.15, -0.1) is 0 Å². The minimum absolute atomic E-state index is 0.0160. The molecule has 2 aromatic rings. The molecule has 0 bridgehead atoms. The van der Waals surface area contributed by atoms with Gasteiger partial charge in [0.05, 0.1) is 0 Å². The Morgan fingerprint density at radius 3 is 2.07 bits per heavy atom. The van der Waals surface area contributed by atoms with Crippen LogP contribution >= 0.6 is 0 Å². The molecule has 6 heteroatoms. The molecular formula is C21H19N2O4-. The van der Waals surface area contributed by atoms with E-state index in [1.54, 1.807) is 30.3 Å². The number of carbonyl (C=O) groups excluding carboxylic acids is 3. The number of nitrogens with one attached hydrogen (secondary N) is 2. The fourth-order valence-corrected chi connectivity index (χ4v) is 2.16. The molecule has 0 spiro atoms. The van der Waals surface area contributed by atoms with Gasteiger partial charge in [0.2, 0.25) is 5.91 Å². The highest BCUT2D eigenvalue weighted by atomic mass is 16.4. The van der Waals surface area contributed by atoms with Crippen LogP contribution in [0, 0.1) is 0 Å². The molecule has 2 aromatic carbocycles. The summed E-state index contributed by atoms with van der Waals surface area (Å²) in [5.41, 5.74) is 1.58. The molecule has 2 amide bonds. The standard InChI is InChI=1S/C21H20N2O4/c24-19(12-11-16-7-3-1-4-8-16)23-18(15-17-9-5-2-6-10-17)21(27)22-14-13-20(25)26/h1-12,15H,13-14H2,(H,22,27)(H,23,24)(H,25,26)/p-1/b12-11+,18-15+. The van der Waals surface area contributed by atoms with Crippen molar-refractivity contribution in [1.82, 2.24) is 10.6 Å². The lowest BCUT2D eigenvalue weighted by molar-refractivity contribution is -0.305. The van der Waals surface area contributed by atoms with E-state index in [4.69, 9.17) is 0 Å². The van der Waals surface area contributed by atoms with E-state index in [-0.39, 0.29) is 18.7 Å². The highest BCUT2D eigenvalue weighted by Crippen LogP contribution is 2.06. The first-order valence-corrected chi connectivity index (χ1v) is 8.33. The molecule has 0 fully saturated rings. The number of hydrogen-bond acceptors (Lipinski definition) is 4. The molecule has 0 saturated heterocycles. The van der Waals surface area contributed by atoms with Crippen molar-refractivity contribution in [3.63, 3.8) is 0 Å². The Bertz CT molecular complexity index is 843. The van der Waals surface area contributed by atoms with Crippen molar-refractivity contribution in [2.45, 2.75) is 6.42 Å². The SMILES string of the molecule is O=C([O-])CCNC(=O)/C(=C\c1ccccc1)NC(=O)/C=C/c1ccccc1. The molecule has 27 heavy (non-hydrogen) atoms. The molecule has 0 saturated carbocycles. The number of amides is 2. The molecule has 2 N–H and O–H groups in total. The van der Waals surface area contributed by atoms with Gasteiger partial charge in [0.15, 0.2) is 0 Å². The number of carbonyl (C=O) groups is 3. The molecule has 0 atom stereocenters. The molecule has 138 valence electrons. The van der Waals surface area contributed by atoms with E-state index in [1.807, 2.05) is 36.4 Å². The molecule has 0 aromatic heterocycles. The second kappa shape index (κ2) is 10.4. The molecule has 0 heterocycles. The summed E-state index contributed by atoms with van der Waals surface area (Å²) in [4.78, 5) is 35.0. The number of carboxylic acids is 1. The van der Waals surface area contributed by atoms with Crippen LogP contribution in [0.15, 0.2) is 72.4 Å². The minimum Gasteiger partial charge on any atom is -0.550 e. The maximum absolute atomic E-state index is 12.3. The van der Waals surface area contributed by atoms with Gasteiger partial charge in [0.25, 0.3) is 5.91 Å². The van der Waals surface area contributed by atoms with Gasteiger partial charge >= 0.3 is 0 Å². The molecule has 0 aliphatic carbocycles. The molecule has 0 radical (unpaired) electrons. The van der Waals surface area contributed by atoms with Crippen LogP contribution in [0.2, 0.25) is 0 Å². The lowest BCUT2D eigenvalue weighted by Gasteiger charge is -2.10. The van der Waals surface area contributed by atoms with Gasteiger partial charge in [-0.3, -0.25) is 9.59 Å². The molecule has 0 unspecified atom stereocenters. The van der Waals surface area contributed by atoms with Crippen LogP contribution in [-0.2, 0) is 14.4 Å². The van der Waals surface area contributed by atoms with E-state index < -0.39 is 17.8 Å². The minimum atomic E-state index is -1.27. The third-order valence-electron chi connectivity index (χ3n) is 3.45. The Hall–Kier alpha value is -3.67. The normalized spacial score (nSPS) is 11.2. The molecule has 6 nitrogen and oxygen atoms in total. The number of hydrogen-bond donors (Lipinski definition) is 2. The first-order chi connectivity index (χ1) is 13.0. The lowest BCUT2D eigenvalue weighted by Crippen LogP contribution is -2.36. The van der Waals surface area contributed by atoms with Gasteiger partial charge in [-0.1, -0.05) is 60.7 Å². The third-order valence-corrected chi connectivity index (χ3v) is 3.45. The van der Waals surface area contributed by atoms with Crippen molar-refractivity contribution < 1.29 is 19.5 Å². The van der Waals surface area contributed by atoms with Crippen LogP contribution < -0.4 is 15.7 Å². The zero-order valence-corrected chi connectivity index (χ0v) is 14.6. The zero-order valence-electron chi connectivity index (χ0n) is 14.6. The first-order valence-electron chi connectivity index (χ1n) is 8.33. The monoisotopic (exact) mass is 363 g/mol. The predicted molar refractivity (Wildman–Crippen MR) is 101 cm³/mol. The van der Waals surface area contributed by atoms with E-state index in [0.29, 0.717) is 0 Å². The average Bonchev–Trinajstić information content (AvgIpc) is 2.67. The summed E-state index contributed by atoms with van der Waals surface area (Å²) < 4.78 is 0. The smallest absolute Gasteiger partial charge is 0.267 e. The van der Waals surface area contributed by atoms with Crippen LogP contribution in [0.4, 0.5) is 0 Å². The van der Waals surface area contributed by atoms with Gasteiger partial charge in [0.1, 0.15) is 5.70 Å². The van der Waals surface area contributed by atoms with Crippen molar-refractivity contribution in [3.8, 4) is 0 Å². The van der Waals surface area contributed by atoms with E-state index in [9.17, 15) is 19.5 Å². The fourth-order valence-electron chi connectivity index (χ4n) is 2.16. The first kappa shape index (κ1) is 19.7. The fraction of sp³-hybridized carbons (Fsp3) is 0.0952. The quantitative estimate of drug-likeness (QED) is 0.687. The Morgan fingerprint density at radius 2 is 1.48 bits per heavy atom. The van der Waals surface area contributed by atoms with Crippen LogP contribution in [0.25, 0.3) is 12.2 Å². The van der Waals surface area contributed by atoms with Crippen LogP contribution in [-0.4, -0.2) is 24.3 Å². The summed E-state index contributed by atoms with van der Waals surface area (Å²) >= 11 is 0.